The minimum atomic E-state index is -0.0915. The first kappa shape index (κ1) is 24.3. The summed E-state index contributed by atoms with van der Waals surface area (Å²) in [6.07, 6.45) is 6.32. The highest BCUT2D eigenvalue weighted by molar-refractivity contribution is 6.01. The fourth-order valence-corrected chi connectivity index (χ4v) is 5.70. The van der Waals surface area contributed by atoms with Gasteiger partial charge in [-0.15, -0.1) is 0 Å². The Morgan fingerprint density at radius 1 is 1.03 bits per heavy atom. The number of carbonyl (C=O) groups is 1. The molecule has 1 amide bonds. The summed E-state index contributed by atoms with van der Waals surface area (Å²) in [7, 11) is 0. The normalized spacial score (nSPS) is 19.5. The number of aromatic nitrogens is 3. The fraction of sp³-hybridized carbons (Fsp3) is 0.387. The van der Waals surface area contributed by atoms with Crippen LogP contribution in [0.1, 0.15) is 47.8 Å². The van der Waals surface area contributed by atoms with Crippen molar-refractivity contribution in [3.63, 3.8) is 0 Å². The van der Waals surface area contributed by atoms with Gasteiger partial charge >= 0.3 is 0 Å². The molecule has 3 aliphatic rings. The number of ether oxygens (including phenoxy) is 2. The topological polar surface area (TPSA) is 92.4 Å². The van der Waals surface area contributed by atoms with Crippen molar-refractivity contribution >= 4 is 16.8 Å². The second kappa shape index (κ2) is 10.4. The van der Waals surface area contributed by atoms with Crippen LogP contribution in [0.25, 0.3) is 22.2 Å². The van der Waals surface area contributed by atoms with Crippen molar-refractivity contribution in [3.05, 3.63) is 78.1 Å². The van der Waals surface area contributed by atoms with Crippen molar-refractivity contribution in [2.45, 2.75) is 43.9 Å². The lowest BCUT2D eigenvalue weighted by atomic mass is 10.0. The van der Waals surface area contributed by atoms with E-state index < -0.39 is 0 Å². The molecule has 0 radical (unpaired) electrons. The van der Waals surface area contributed by atoms with E-state index >= 15 is 0 Å². The average molecular weight is 524 g/mol. The number of piperidine rings is 1. The summed E-state index contributed by atoms with van der Waals surface area (Å²) in [4.78, 5) is 20.3. The molecule has 1 atom stereocenters. The molecule has 2 aromatic heterocycles. The molecule has 2 N–H and O–H groups in total. The first-order valence-corrected chi connectivity index (χ1v) is 14.0. The van der Waals surface area contributed by atoms with Gasteiger partial charge in [-0.2, -0.15) is 5.10 Å². The largest absolute Gasteiger partial charge is 0.490 e. The Balaban J connectivity index is 1.04. The van der Waals surface area contributed by atoms with E-state index in [1.807, 2.05) is 60.7 Å². The smallest absolute Gasteiger partial charge is 0.251 e. The van der Waals surface area contributed by atoms with Crippen LogP contribution in [0, 0.1) is 5.92 Å². The summed E-state index contributed by atoms with van der Waals surface area (Å²) in [5, 5.41) is 11.8. The Kier molecular flexibility index (Phi) is 6.50. The Morgan fingerprint density at radius 3 is 2.54 bits per heavy atom. The minimum Gasteiger partial charge on any atom is -0.490 e. The van der Waals surface area contributed by atoms with Crippen molar-refractivity contribution in [1.29, 1.82) is 0 Å². The number of benzene rings is 2. The van der Waals surface area contributed by atoms with Crippen molar-refractivity contribution in [2.75, 3.05) is 26.3 Å². The highest BCUT2D eigenvalue weighted by Gasteiger charge is 2.34. The number of fused-ring (bicyclic) bond motifs is 1. The molecule has 39 heavy (non-hydrogen) atoms. The number of hydrogen-bond acceptors (Lipinski definition) is 6. The molecule has 4 heterocycles. The number of amides is 1. The standard InChI is InChI=1S/C31H33N5O3/c37-31(33-30(21-4-5-21)28-3-1-2-14-32-28)22-8-11-27-26(17-22)29(35-34-27)20-6-9-24(10-7-20)39-25-12-15-36(16-13-25)23-18-38-19-23/h1-3,6-11,14,17,21,23,25,30H,4-5,12-13,15-16,18-19H2,(H,33,37)(H,34,35)/t30-/m0/s1. The monoisotopic (exact) mass is 523 g/mol. The molecule has 8 nitrogen and oxygen atoms in total. The molecule has 2 saturated heterocycles. The number of aromatic amines is 1. The third-order valence-corrected chi connectivity index (χ3v) is 8.26. The molecule has 3 fully saturated rings. The molecule has 2 aromatic carbocycles. The minimum absolute atomic E-state index is 0.0646. The molecule has 0 bridgehead atoms. The van der Waals surface area contributed by atoms with E-state index in [2.05, 4.69) is 25.4 Å². The number of rotatable bonds is 8. The van der Waals surface area contributed by atoms with Crippen LogP contribution in [0.2, 0.25) is 0 Å². The van der Waals surface area contributed by atoms with E-state index in [0.29, 0.717) is 17.5 Å². The SMILES string of the molecule is O=C(N[C@H](c1ccccn1)C1CC1)c1ccc2[nH]nc(-c3ccc(OC4CCN(C5COC5)CC4)cc3)c2c1. The highest BCUT2D eigenvalue weighted by atomic mass is 16.5. The maximum absolute atomic E-state index is 13.3. The zero-order valence-corrected chi connectivity index (χ0v) is 21.9. The molecule has 1 saturated carbocycles. The maximum atomic E-state index is 13.3. The van der Waals surface area contributed by atoms with Crippen LogP contribution in [0.15, 0.2) is 66.9 Å². The molecule has 200 valence electrons. The molecule has 0 unspecified atom stereocenters. The van der Waals surface area contributed by atoms with E-state index in [-0.39, 0.29) is 18.1 Å². The van der Waals surface area contributed by atoms with Gasteiger partial charge in [0.05, 0.1) is 42.2 Å². The summed E-state index contributed by atoms with van der Waals surface area (Å²) in [6, 6.07) is 20.2. The summed E-state index contributed by atoms with van der Waals surface area (Å²) in [5.74, 6) is 1.23. The Morgan fingerprint density at radius 2 is 1.85 bits per heavy atom. The average Bonchev–Trinajstić information content (AvgIpc) is 3.71. The van der Waals surface area contributed by atoms with Crippen LogP contribution in [0.5, 0.6) is 5.75 Å². The van der Waals surface area contributed by atoms with Gasteiger partial charge in [-0.25, -0.2) is 0 Å². The van der Waals surface area contributed by atoms with Crippen LogP contribution >= 0.6 is 0 Å². The third kappa shape index (κ3) is 5.14. The third-order valence-electron chi connectivity index (χ3n) is 8.26. The van der Waals surface area contributed by atoms with Gasteiger partial charge in [0.2, 0.25) is 0 Å². The van der Waals surface area contributed by atoms with Gasteiger partial charge < -0.3 is 14.8 Å². The molecule has 2 aliphatic heterocycles. The van der Waals surface area contributed by atoms with Gasteiger partial charge in [0, 0.05) is 35.8 Å². The zero-order chi connectivity index (χ0) is 26.2. The number of carbonyl (C=O) groups excluding carboxylic acids is 1. The van der Waals surface area contributed by atoms with Gasteiger partial charge in [-0.1, -0.05) is 6.07 Å². The van der Waals surface area contributed by atoms with Crippen molar-refractivity contribution in [3.8, 4) is 17.0 Å². The van der Waals surface area contributed by atoms with Gasteiger partial charge in [-0.05, 0) is 86.2 Å². The Hall–Kier alpha value is -3.75. The van der Waals surface area contributed by atoms with E-state index in [1.54, 1.807) is 6.20 Å². The lowest BCUT2D eigenvalue weighted by Gasteiger charge is -2.41. The first-order valence-electron chi connectivity index (χ1n) is 14.0. The summed E-state index contributed by atoms with van der Waals surface area (Å²) in [6.45, 7) is 3.87. The van der Waals surface area contributed by atoms with E-state index in [4.69, 9.17) is 9.47 Å². The number of pyridine rings is 1. The van der Waals surface area contributed by atoms with Crippen LogP contribution in [-0.4, -0.2) is 64.4 Å². The number of H-pyrrole nitrogens is 1. The molecule has 8 heteroatoms. The second-order valence-corrected chi connectivity index (χ2v) is 10.9. The second-order valence-electron chi connectivity index (χ2n) is 10.9. The van der Waals surface area contributed by atoms with E-state index in [9.17, 15) is 4.79 Å². The lowest BCUT2D eigenvalue weighted by Crippen LogP contribution is -2.52. The van der Waals surface area contributed by atoms with Gasteiger partial charge in [0.1, 0.15) is 11.9 Å². The van der Waals surface area contributed by atoms with Gasteiger partial charge in [0.25, 0.3) is 5.91 Å². The summed E-state index contributed by atoms with van der Waals surface area (Å²) in [5.41, 5.74) is 4.24. The predicted molar refractivity (Wildman–Crippen MR) is 149 cm³/mol. The van der Waals surface area contributed by atoms with E-state index in [0.717, 1.165) is 85.6 Å². The molecule has 4 aromatic rings. The van der Waals surface area contributed by atoms with Crippen LogP contribution in [0.3, 0.4) is 0 Å². The fourth-order valence-electron chi connectivity index (χ4n) is 5.70. The Bertz CT molecular complexity index is 1440. The zero-order valence-electron chi connectivity index (χ0n) is 21.9. The molecule has 7 rings (SSSR count). The quantitative estimate of drug-likeness (QED) is 0.346. The van der Waals surface area contributed by atoms with Crippen molar-refractivity contribution in [2.24, 2.45) is 5.92 Å². The summed E-state index contributed by atoms with van der Waals surface area (Å²) >= 11 is 0. The maximum Gasteiger partial charge on any atom is 0.251 e. The number of hydrogen-bond donors (Lipinski definition) is 2. The van der Waals surface area contributed by atoms with Crippen LogP contribution in [0.4, 0.5) is 0 Å². The summed E-state index contributed by atoms with van der Waals surface area (Å²) < 4.78 is 11.6. The Labute approximate surface area is 227 Å². The molecule has 1 aliphatic carbocycles. The van der Waals surface area contributed by atoms with Crippen LogP contribution in [-0.2, 0) is 4.74 Å². The molecular weight excluding hydrogens is 490 g/mol. The lowest BCUT2D eigenvalue weighted by molar-refractivity contribution is -0.0778. The van der Waals surface area contributed by atoms with Crippen LogP contribution < -0.4 is 10.1 Å². The predicted octanol–water partition coefficient (Wildman–Crippen LogP) is 4.75. The van der Waals surface area contributed by atoms with Gasteiger partial charge in [0.15, 0.2) is 0 Å². The number of nitrogens with one attached hydrogen (secondary N) is 2. The highest BCUT2D eigenvalue weighted by Crippen LogP contribution is 2.40. The van der Waals surface area contributed by atoms with Gasteiger partial charge in [-0.3, -0.25) is 19.8 Å². The number of likely N-dealkylation sites (tertiary alicyclic amines) is 1. The van der Waals surface area contributed by atoms with E-state index in [1.165, 1.54) is 0 Å². The van der Waals surface area contributed by atoms with Crippen molar-refractivity contribution in [1.82, 2.24) is 25.4 Å². The molecular formula is C31H33N5O3. The molecule has 0 spiro atoms. The first-order chi connectivity index (χ1) is 19.2. The number of nitrogens with zero attached hydrogens (tertiary/aromatic N) is 3. The van der Waals surface area contributed by atoms with Crippen molar-refractivity contribution < 1.29 is 14.3 Å².